The third-order valence-corrected chi connectivity index (χ3v) is 4.59. The molecule has 0 atom stereocenters. The Bertz CT molecular complexity index is 624. The second-order valence-electron chi connectivity index (χ2n) is 3.74. The minimum Gasteiger partial charge on any atom is -0.454 e. The van der Waals surface area contributed by atoms with E-state index in [0.29, 0.717) is 0 Å². The molecule has 1 heterocycles. The predicted octanol–water partition coefficient (Wildman–Crippen LogP) is 2.48. The number of halogens is 3. The van der Waals surface area contributed by atoms with E-state index in [-0.39, 0.29) is 34.9 Å². The first-order chi connectivity index (χ1) is 8.80. The summed E-state index contributed by atoms with van der Waals surface area (Å²) >= 11 is 11.7. The van der Waals surface area contributed by atoms with Crippen LogP contribution in [0, 0.1) is 0 Å². The van der Waals surface area contributed by atoms with Crippen LogP contribution in [0.4, 0.5) is 0 Å². The Balaban J connectivity index is 2.41. The summed E-state index contributed by atoms with van der Waals surface area (Å²) in [6, 6.07) is 2.34. The Morgan fingerprint density at radius 1 is 1.32 bits per heavy atom. The average molecular weight is 346 g/mol. The van der Waals surface area contributed by atoms with Crippen LogP contribution in [0.15, 0.2) is 17.0 Å². The maximum atomic E-state index is 11.9. The third kappa shape index (κ3) is 3.14. The topological polar surface area (TPSA) is 69.7 Å². The highest BCUT2D eigenvalue weighted by atomic mass is 35.7. The monoisotopic (exact) mass is 344 g/mol. The van der Waals surface area contributed by atoms with Crippen molar-refractivity contribution >= 4 is 48.9 Å². The van der Waals surface area contributed by atoms with Crippen molar-refractivity contribution in [3.05, 3.63) is 27.7 Å². The normalized spacial score (nSPS) is 15.9. The van der Waals surface area contributed by atoms with Crippen molar-refractivity contribution in [1.82, 2.24) is 0 Å². The Morgan fingerprint density at radius 3 is 2.42 bits per heavy atom. The molecule has 1 aliphatic heterocycles. The molecule has 9 heteroatoms. The fraction of sp³-hybridized carbons (Fsp3) is 0.300. The molecule has 1 fully saturated rings. The summed E-state index contributed by atoms with van der Waals surface area (Å²) in [5.41, 5.74) is -0.225. The lowest BCUT2D eigenvalue weighted by Crippen LogP contribution is -2.37. The maximum absolute atomic E-state index is 11.9. The summed E-state index contributed by atoms with van der Waals surface area (Å²) in [7, 11) is 1.13. The minimum atomic E-state index is -4.08. The fourth-order valence-electron chi connectivity index (χ4n) is 1.40. The first-order valence-electron chi connectivity index (χ1n) is 5.02. The number of hydrogen-bond donors (Lipinski definition) is 0. The molecule has 0 aromatic heterocycles. The van der Waals surface area contributed by atoms with Gasteiger partial charge in [0, 0.05) is 10.7 Å². The summed E-state index contributed by atoms with van der Waals surface area (Å²) in [4.78, 5) is 11.5. The van der Waals surface area contributed by atoms with E-state index >= 15 is 0 Å². The van der Waals surface area contributed by atoms with Crippen LogP contribution in [0.2, 0.25) is 10.0 Å². The van der Waals surface area contributed by atoms with Crippen LogP contribution in [-0.4, -0.2) is 33.7 Å². The fourth-order valence-corrected chi connectivity index (χ4v) is 3.28. The number of benzene rings is 1. The van der Waals surface area contributed by atoms with Crippen molar-refractivity contribution in [1.29, 1.82) is 0 Å². The van der Waals surface area contributed by atoms with Gasteiger partial charge in [-0.2, -0.15) is 0 Å². The molecule has 0 unspecified atom stereocenters. The molecule has 2 rings (SSSR count). The highest BCUT2D eigenvalue weighted by Crippen LogP contribution is 2.33. The van der Waals surface area contributed by atoms with Crippen molar-refractivity contribution in [2.75, 3.05) is 13.2 Å². The van der Waals surface area contributed by atoms with Crippen LogP contribution in [-0.2, 0) is 18.5 Å². The van der Waals surface area contributed by atoms with Crippen LogP contribution < -0.4 is 0 Å². The summed E-state index contributed by atoms with van der Waals surface area (Å²) in [6.07, 6.45) is -0.379. The van der Waals surface area contributed by atoms with E-state index in [1.165, 1.54) is 6.07 Å². The van der Waals surface area contributed by atoms with Gasteiger partial charge in [0.15, 0.2) is 0 Å². The second-order valence-corrected chi connectivity index (χ2v) is 7.06. The maximum Gasteiger partial charge on any atom is 0.341 e. The predicted molar refractivity (Wildman–Crippen MR) is 69.5 cm³/mol. The molecule has 104 valence electrons. The number of carbonyl (C=O) groups is 1. The highest BCUT2D eigenvalue weighted by Gasteiger charge is 2.28. The lowest BCUT2D eigenvalue weighted by molar-refractivity contribution is -0.103. The smallest absolute Gasteiger partial charge is 0.341 e. The third-order valence-electron chi connectivity index (χ3n) is 2.40. The van der Waals surface area contributed by atoms with Gasteiger partial charge in [-0.25, -0.2) is 13.2 Å². The standard InChI is InChI=1S/C10H7Cl3O5S/c11-6-1-2-7(19(13,15)16)9(12)8(6)10(14)18-5-3-17-4-5/h1-2,5H,3-4H2. The van der Waals surface area contributed by atoms with Crippen molar-refractivity contribution < 1.29 is 22.7 Å². The second kappa shape index (κ2) is 5.46. The van der Waals surface area contributed by atoms with Gasteiger partial charge in [-0.15, -0.1) is 0 Å². The highest BCUT2D eigenvalue weighted by molar-refractivity contribution is 8.13. The molecular weight excluding hydrogens is 339 g/mol. The van der Waals surface area contributed by atoms with Gasteiger partial charge >= 0.3 is 5.97 Å². The van der Waals surface area contributed by atoms with E-state index in [1.54, 1.807) is 0 Å². The molecule has 0 N–H and O–H groups in total. The summed E-state index contributed by atoms with van der Waals surface area (Å²) in [5, 5.41) is -0.368. The van der Waals surface area contributed by atoms with Crippen molar-refractivity contribution in [2.24, 2.45) is 0 Å². The first-order valence-corrected chi connectivity index (χ1v) is 8.08. The lowest BCUT2D eigenvalue weighted by atomic mass is 10.2. The van der Waals surface area contributed by atoms with Crippen LogP contribution in [0.1, 0.15) is 10.4 Å². The van der Waals surface area contributed by atoms with Crippen molar-refractivity contribution in [3.63, 3.8) is 0 Å². The van der Waals surface area contributed by atoms with E-state index in [2.05, 4.69) is 0 Å². The van der Waals surface area contributed by atoms with Gasteiger partial charge in [-0.05, 0) is 12.1 Å². The van der Waals surface area contributed by atoms with Gasteiger partial charge in [0.25, 0.3) is 9.05 Å². The van der Waals surface area contributed by atoms with E-state index < -0.39 is 19.9 Å². The molecule has 0 aliphatic carbocycles. The zero-order valence-electron chi connectivity index (χ0n) is 9.23. The number of hydrogen-bond acceptors (Lipinski definition) is 5. The van der Waals surface area contributed by atoms with Crippen LogP contribution in [0.5, 0.6) is 0 Å². The number of carbonyl (C=O) groups excluding carboxylic acids is 1. The largest absolute Gasteiger partial charge is 0.454 e. The zero-order chi connectivity index (χ0) is 14.2. The summed E-state index contributed by atoms with van der Waals surface area (Å²) < 4.78 is 32.5. The molecule has 1 aliphatic rings. The molecule has 0 radical (unpaired) electrons. The number of esters is 1. The SMILES string of the molecule is O=C(OC1COC1)c1c(Cl)ccc(S(=O)(=O)Cl)c1Cl. The zero-order valence-corrected chi connectivity index (χ0v) is 12.3. The molecule has 0 spiro atoms. The molecular formula is C10H7Cl3O5S. The minimum absolute atomic E-state index is 0.0145. The van der Waals surface area contributed by atoms with Gasteiger partial charge in [-0.1, -0.05) is 23.2 Å². The van der Waals surface area contributed by atoms with Crippen molar-refractivity contribution in [3.8, 4) is 0 Å². The van der Waals surface area contributed by atoms with E-state index in [0.717, 1.165) is 6.07 Å². The Morgan fingerprint density at radius 2 is 1.95 bits per heavy atom. The summed E-state index contributed by atoms with van der Waals surface area (Å²) in [6.45, 7) is 0.572. The van der Waals surface area contributed by atoms with E-state index in [1.807, 2.05) is 0 Å². The average Bonchev–Trinajstić information content (AvgIpc) is 2.21. The quantitative estimate of drug-likeness (QED) is 0.622. The van der Waals surface area contributed by atoms with Crippen LogP contribution in [0.3, 0.4) is 0 Å². The number of rotatable bonds is 3. The van der Waals surface area contributed by atoms with E-state index in [9.17, 15) is 13.2 Å². The van der Waals surface area contributed by atoms with Crippen molar-refractivity contribution in [2.45, 2.75) is 11.0 Å². The van der Waals surface area contributed by atoms with Crippen LogP contribution in [0.25, 0.3) is 0 Å². The van der Waals surface area contributed by atoms with Gasteiger partial charge in [0.1, 0.15) is 11.0 Å². The first kappa shape index (κ1) is 14.9. The van der Waals surface area contributed by atoms with Gasteiger partial charge < -0.3 is 9.47 Å². The van der Waals surface area contributed by atoms with Gasteiger partial charge in [0.05, 0.1) is 28.8 Å². The van der Waals surface area contributed by atoms with Crippen LogP contribution >= 0.6 is 33.9 Å². The number of ether oxygens (including phenoxy) is 2. The van der Waals surface area contributed by atoms with Gasteiger partial charge in [0.2, 0.25) is 0 Å². The Labute approximate surface area is 123 Å². The molecule has 0 saturated carbocycles. The molecule has 1 aromatic carbocycles. The van der Waals surface area contributed by atoms with E-state index in [4.69, 9.17) is 43.4 Å². The lowest BCUT2D eigenvalue weighted by Gasteiger charge is -2.26. The van der Waals surface area contributed by atoms with Gasteiger partial charge in [-0.3, -0.25) is 0 Å². The summed E-state index contributed by atoms with van der Waals surface area (Å²) in [5.74, 6) is -0.814. The molecule has 0 bridgehead atoms. The molecule has 0 amide bonds. The molecule has 5 nitrogen and oxygen atoms in total. The molecule has 19 heavy (non-hydrogen) atoms. The molecule has 1 aromatic rings. The Kier molecular flexibility index (Phi) is 4.27. The molecule has 1 saturated heterocycles. The Hall–Kier alpha value is -0.530.